The normalized spacial score (nSPS) is 19.8. The minimum atomic E-state index is -0.473. The average molecular weight is 439 g/mol. The van der Waals surface area contributed by atoms with E-state index in [0.29, 0.717) is 28.0 Å². The number of hydrogen-bond acceptors (Lipinski definition) is 4. The van der Waals surface area contributed by atoms with Crippen molar-refractivity contribution in [3.8, 4) is 0 Å². The molecule has 0 spiro atoms. The number of Topliss-reactive ketones (excluding diaryl/α,β-unsaturated/α-hetero) is 1. The van der Waals surface area contributed by atoms with Gasteiger partial charge >= 0.3 is 0 Å². The van der Waals surface area contributed by atoms with Crippen LogP contribution in [0.1, 0.15) is 40.7 Å². The third kappa shape index (κ3) is 4.52. The molecule has 4 nitrogen and oxygen atoms in total. The molecule has 2 aliphatic rings. The van der Waals surface area contributed by atoms with E-state index in [2.05, 4.69) is 17.6 Å². The summed E-state index contributed by atoms with van der Waals surface area (Å²) in [5.41, 5.74) is 4.03. The zero-order valence-electron chi connectivity index (χ0n) is 16.6. The Morgan fingerprint density at radius 2 is 1.90 bits per heavy atom. The van der Waals surface area contributed by atoms with Crippen LogP contribution in [0.5, 0.6) is 0 Å². The van der Waals surface area contributed by atoms with Crippen molar-refractivity contribution >= 4 is 45.9 Å². The average Bonchev–Trinajstić information content (AvgIpc) is 3.04. The Hall–Kier alpha value is -2.37. The molecule has 6 heteroatoms. The zero-order valence-corrected chi connectivity index (χ0v) is 18.2. The Morgan fingerprint density at radius 3 is 2.63 bits per heavy atom. The molecule has 1 atom stereocenters. The van der Waals surface area contributed by atoms with Gasteiger partial charge in [-0.3, -0.25) is 14.5 Å². The smallest absolute Gasteiger partial charge is 0.242 e. The third-order valence-electron chi connectivity index (χ3n) is 5.42. The van der Waals surface area contributed by atoms with Gasteiger partial charge in [-0.1, -0.05) is 41.6 Å². The first-order valence-corrected chi connectivity index (χ1v) is 11.4. The van der Waals surface area contributed by atoms with Gasteiger partial charge in [-0.05, 0) is 67.1 Å². The van der Waals surface area contributed by atoms with E-state index in [1.807, 2.05) is 12.1 Å². The fourth-order valence-electron chi connectivity index (χ4n) is 3.84. The molecule has 1 fully saturated rings. The van der Waals surface area contributed by atoms with Crippen molar-refractivity contribution in [1.82, 2.24) is 4.90 Å². The third-order valence-corrected chi connectivity index (χ3v) is 6.85. The summed E-state index contributed by atoms with van der Waals surface area (Å²) < 4.78 is 0. The van der Waals surface area contributed by atoms with E-state index in [1.165, 1.54) is 35.7 Å². The lowest BCUT2D eigenvalue weighted by Crippen LogP contribution is -2.32. The maximum atomic E-state index is 13.0. The number of amidine groups is 1. The molecule has 2 aromatic carbocycles. The largest absolute Gasteiger partial charge is 0.294 e. The maximum absolute atomic E-state index is 13.0. The molecule has 0 radical (unpaired) electrons. The number of carbonyl (C=O) groups excluding carboxylic acids is 2. The van der Waals surface area contributed by atoms with E-state index in [1.54, 1.807) is 35.2 Å². The van der Waals surface area contributed by atoms with Crippen LogP contribution in [0.15, 0.2) is 60.1 Å². The number of hydrogen-bond donors (Lipinski definition) is 0. The molecule has 0 aromatic heterocycles. The predicted molar refractivity (Wildman–Crippen MR) is 124 cm³/mol. The Morgan fingerprint density at radius 1 is 1.17 bits per heavy atom. The van der Waals surface area contributed by atoms with Crippen molar-refractivity contribution in [2.45, 2.75) is 37.4 Å². The van der Waals surface area contributed by atoms with Gasteiger partial charge in [-0.25, -0.2) is 4.99 Å². The van der Waals surface area contributed by atoms with Crippen LogP contribution in [0.4, 0.5) is 5.69 Å². The number of fused-ring (bicyclic) bond motifs is 1. The van der Waals surface area contributed by atoms with Crippen LogP contribution in [0.2, 0.25) is 5.02 Å². The zero-order chi connectivity index (χ0) is 21.1. The number of ketones is 1. The standard InChI is InChI=1S/C24H23ClN2O2S/c1-2-13-27-23(29)22(30-24(27)26-20-11-9-19(25)10-12-20)15-21(28)18-8-7-16-5-3-4-6-17(16)14-18/h2,7-12,14,22H,1,3-6,13,15H2. The minimum absolute atomic E-state index is 0.000481. The summed E-state index contributed by atoms with van der Waals surface area (Å²) in [6.07, 6.45) is 6.32. The van der Waals surface area contributed by atoms with Gasteiger partial charge in [-0.2, -0.15) is 0 Å². The molecule has 0 saturated carbocycles. The van der Waals surface area contributed by atoms with Crippen LogP contribution in [-0.2, 0) is 17.6 Å². The van der Waals surface area contributed by atoms with Gasteiger partial charge in [0.1, 0.15) is 0 Å². The van der Waals surface area contributed by atoms with E-state index >= 15 is 0 Å². The quantitative estimate of drug-likeness (QED) is 0.435. The molecule has 2 aromatic rings. The number of halogens is 1. The van der Waals surface area contributed by atoms with Crippen molar-refractivity contribution in [3.63, 3.8) is 0 Å². The summed E-state index contributed by atoms with van der Waals surface area (Å²) in [6.45, 7) is 4.11. The summed E-state index contributed by atoms with van der Waals surface area (Å²) in [5.74, 6) is -0.0977. The second-order valence-electron chi connectivity index (χ2n) is 7.53. The Labute approximate surface area is 186 Å². The van der Waals surface area contributed by atoms with E-state index in [0.717, 1.165) is 12.8 Å². The number of aliphatic imine (C=N–C) groups is 1. The SMILES string of the molecule is C=CCN1C(=O)C(CC(=O)c2ccc3c(c2)CCCC3)SC1=Nc1ccc(Cl)cc1. The Bertz CT molecular complexity index is 1020. The number of carbonyl (C=O) groups is 2. The lowest BCUT2D eigenvalue weighted by atomic mass is 9.89. The molecular weight excluding hydrogens is 416 g/mol. The lowest BCUT2D eigenvalue weighted by Gasteiger charge is -2.16. The second kappa shape index (κ2) is 9.19. The fraction of sp³-hybridized carbons (Fsp3) is 0.292. The number of aryl methyl sites for hydroxylation is 2. The monoisotopic (exact) mass is 438 g/mol. The van der Waals surface area contributed by atoms with Gasteiger partial charge in [0.2, 0.25) is 5.91 Å². The Kier molecular flexibility index (Phi) is 6.40. The molecule has 1 aliphatic carbocycles. The van der Waals surface area contributed by atoms with Crippen LogP contribution in [0.3, 0.4) is 0 Å². The van der Waals surface area contributed by atoms with Gasteiger partial charge in [0.15, 0.2) is 11.0 Å². The molecule has 1 saturated heterocycles. The molecular formula is C24H23ClN2O2S. The summed E-state index contributed by atoms with van der Waals surface area (Å²) >= 11 is 7.29. The Balaban J connectivity index is 1.52. The van der Waals surface area contributed by atoms with Gasteiger partial charge in [-0.15, -0.1) is 6.58 Å². The van der Waals surface area contributed by atoms with Crippen molar-refractivity contribution in [2.75, 3.05) is 6.54 Å². The molecule has 154 valence electrons. The maximum Gasteiger partial charge on any atom is 0.242 e. The highest BCUT2D eigenvalue weighted by Gasteiger charge is 2.38. The predicted octanol–water partition coefficient (Wildman–Crippen LogP) is 5.61. The highest BCUT2D eigenvalue weighted by atomic mass is 35.5. The molecule has 4 rings (SSSR count). The van der Waals surface area contributed by atoms with Crippen LogP contribution in [0.25, 0.3) is 0 Å². The van der Waals surface area contributed by atoms with Gasteiger partial charge in [0.25, 0.3) is 0 Å². The van der Waals surface area contributed by atoms with Gasteiger partial charge in [0.05, 0.1) is 10.9 Å². The molecule has 30 heavy (non-hydrogen) atoms. The van der Waals surface area contributed by atoms with E-state index in [4.69, 9.17) is 11.6 Å². The molecule has 1 amide bonds. The fourth-order valence-corrected chi connectivity index (χ4v) is 5.13. The summed E-state index contributed by atoms with van der Waals surface area (Å²) in [4.78, 5) is 32.1. The lowest BCUT2D eigenvalue weighted by molar-refractivity contribution is -0.125. The number of benzene rings is 2. The number of amides is 1. The van der Waals surface area contributed by atoms with Crippen molar-refractivity contribution in [2.24, 2.45) is 4.99 Å². The second-order valence-corrected chi connectivity index (χ2v) is 9.14. The highest BCUT2D eigenvalue weighted by Crippen LogP contribution is 2.33. The number of rotatable bonds is 6. The summed E-state index contributed by atoms with van der Waals surface area (Å²) in [5, 5.41) is 0.746. The van der Waals surface area contributed by atoms with Crippen LogP contribution in [-0.4, -0.2) is 33.6 Å². The molecule has 1 heterocycles. The first kappa shape index (κ1) is 20.9. The van der Waals surface area contributed by atoms with Gasteiger partial charge < -0.3 is 0 Å². The first-order valence-electron chi connectivity index (χ1n) is 10.1. The van der Waals surface area contributed by atoms with E-state index in [-0.39, 0.29) is 18.1 Å². The van der Waals surface area contributed by atoms with E-state index in [9.17, 15) is 9.59 Å². The summed E-state index contributed by atoms with van der Waals surface area (Å²) in [7, 11) is 0. The van der Waals surface area contributed by atoms with Gasteiger partial charge in [0, 0.05) is 23.6 Å². The first-order chi connectivity index (χ1) is 14.5. The van der Waals surface area contributed by atoms with Crippen molar-refractivity contribution in [1.29, 1.82) is 0 Å². The van der Waals surface area contributed by atoms with E-state index < -0.39 is 5.25 Å². The molecule has 1 unspecified atom stereocenters. The van der Waals surface area contributed by atoms with Crippen molar-refractivity contribution < 1.29 is 9.59 Å². The topological polar surface area (TPSA) is 49.7 Å². The molecule has 0 bridgehead atoms. The highest BCUT2D eigenvalue weighted by molar-refractivity contribution is 8.15. The van der Waals surface area contributed by atoms with Crippen LogP contribution in [0, 0.1) is 0 Å². The number of nitrogens with zero attached hydrogens (tertiary/aromatic N) is 2. The van der Waals surface area contributed by atoms with Crippen LogP contribution < -0.4 is 0 Å². The number of thioether (sulfide) groups is 1. The van der Waals surface area contributed by atoms with Crippen molar-refractivity contribution in [3.05, 3.63) is 76.8 Å². The molecule has 0 N–H and O–H groups in total. The summed E-state index contributed by atoms with van der Waals surface area (Å²) in [6, 6.07) is 13.1. The van der Waals surface area contributed by atoms with Crippen LogP contribution >= 0.6 is 23.4 Å². The molecule has 1 aliphatic heterocycles. The minimum Gasteiger partial charge on any atom is -0.294 e.